The number of aryl methyl sites for hydroxylation is 1. The van der Waals surface area contributed by atoms with Crippen LogP contribution in [-0.2, 0) is 0 Å². The Bertz CT molecular complexity index is 358. The summed E-state index contributed by atoms with van der Waals surface area (Å²) < 4.78 is 5.66. The molecule has 1 aliphatic carbocycles. The Balaban J connectivity index is 2.11. The van der Waals surface area contributed by atoms with Crippen LogP contribution < -0.4 is 10.1 Å². The first-order chi connectivity index (χ1) is 7.70. The third-order valence-electron chi connectivity index (χ3n) is 3.15. The van der Waals surface area contributed by atoms with Gasteiger partial charge < -0.3 is 10.1 Å². The van der Waals surface area contributed by atoms with E-state index in [4.69, 9.17) is 4.74 Å². The van der Waals surface area contributed by atoms with Gasteiger partial charge in [0.2, 0.25) is 0 Å². The predicted molar refractivity (Wildman–Crippen MR) is 68.2 cm³/mol. The molecule has 0 amide bonds. The molecule has 2 heteroatoms. The van der Waals surface area contributed by atoms with E-state index in [1.807, 2.05) is 6.92 Å². The van der Waals surface area contributed by atoms with E-state index in [0.29, 0.717) is 6.04 Å². The lowest BCUT2D eigenvalue weighted by Gasteiger charge is -2.18. The average Bonchev–Trinajstić information content (AvgIpc) is 3.06. The first-order valence-electron chi connectivity index (χ1n) is 6.20. The largest absolute Gasteiger partial charge is 0.492 e. The number of hydrogen-bond acceptors (Lipinski definition) is 2. The minimum absolute atomic E-state index is 0.557. The molecule has 1 fully saturated rings. The van der Waals surface area contributed by atoms with Crippen LogP contribution in [0.2, 0.25) is 0 Å². The van der Waals surface area contributed by atoms with E-state index in [0.717, 1.165) is 24.0 Å². The van der Waals surface area contributed by atoms with Crippen molar-refractivity contribution in [2.24, 2.45) is 5.92 Å². The summed E-state index contributed by atoms with van der Waals surface area (Å²) in [6.45, 7) is 7.09. The van der Waals surface area contributed by atoms with Crippen LogP contribution in [0.4, 0.5) is 5.69 Å². The molecule has 0 heterocycles. The fourth-order valence-corrected chi connectivity index (χ4v) is 1.98. The Kier molecular flexibility index (Phi) is 3.37. The second-order valence-corrected chi connectivity index (χ2v) is 4.70. The Labute approximate surface area is 98.0 Å². The summed E-state index contributed by atoms with van der Waals surface area (Å²) in [6, 6.07) is 6.91. The Morgan fingerprint density at radius 3 is 2.81 bits per heavy atom. The number of anilines is 1. The van der Waals surface area contributed by atoms with Crippen LogP contribution in [-0.4, -0.2) is 12.6 Å². The third-order valence-corrected chi connectivity index (χ3v) is 3.15. The van der Waals surface area contributed by atoms with Gasteiger partial charge in [-0.25, -0.2) is 0 Å². The van der Waals surface area contributed by atoms with Gasteiger partial charge in [-0.3, -0.25) is 0 Å². The molecule has 1 saturated carbocycles. The highest BCUT2D eigenvalue weighted by atomic mass is 16.5. The zero-order chi connectivity index (χ0) is 11.5. The smallest absolute Gasteiger partial charge is 0.142 e. The number of ether oxygens (including phenoxy) is 1. The molecule has 0 aromatic heterocycles. The summed E-state index contributed by atoms with van der Waals surface area (Å²) in [4.78, 5) is 0. The van der Waals surface area contributed by atoms with Gasteiger partial charge >= 0.3 is 0 Å². The third kappa shape index (κ3) is 2.69. The predicted octanol–water partition coefficient (Wildman–Crippen LogP) is 3.60. The lowest BCUT2D eigenvalue weighted by molar-refractivity contribution is 0.341. The number of hydrogen-bond donors (Lipinski definition) is 1. The van der Waals surface area contributed by atoms with Crippen molar-refractivity contribution in [1.29, 1.82) is 0 Å². The molecular formula is C14H21NO. The van der Waals surface area contributed by atoms with E-state index in [9.17, 15) is 0 Å². The van der Waals surface area contributed by atoms with E-state index in [-0.39, 0.29) is 0 Å². The van der Waals surface area contributed by atoms with Crippen molar-refractivity contribution >= 4 is 5.69 Å². The molecule has 0 aliphatic heterocycles. The molecule has 0 spiro atoms. The molecule has 1 aromatic rings. The van der Waals surface area contributed by atoms with Crippen LogP contribution in [0.1, 0.15) is 32.3 Å². The molecule has 2 nitrogen and oxygen atoms in total. The minimum atomic E-state index is 0.557. The molecule has 0 bridgehead atoms. The molecule has 0 saturated heterocycles. The van der Waals surface area contributed by atoms with Crippen molar-refractivity contribution in [2.45, 2.75) is 39.7 Å². The molecule has 1 aliphatic rings. The first-order valence-corrected chi connectivity index (χ1v) is 6.20. The van der Waals surface area contributed by atoms with Gasteiger partial charge in [0.05, 0.1) is 12.3 Å². The lowest BCUT2D eigenvalue weighted by atomic mass is 10.1. The van der Waals surface area contributed by atoms with E-state index < -0.39 is 0 Å². The molecule has 2 rings (SSSR count). The summed E-state index contributed by atoms with van der Waals surface area (Å²) in [7, 11) is 0. The van der Waals surface area contributed by atoms with E-state index in [2.05, 4.69) is 37.4 Å². The Morgan fingerprint density at radius 2 is 2.19 bits per heavy atom. The summed E-state index contributed by atoms with van der Waals surface area (Å²) >= 11 is 0. The Hall–Kier alpha value is -1.18. The van der Waals surface area contributed by atoms with Gasteiger partial charge in [-0.2, -0.15) is 0 Å². The van der Waals surface area contributed by atoms with Crippen molar-refractivity contribution in [3.8, 4) is 5.75 Å². The molecule has 16 heavy (non-hydrogen) atoms. The topological polar surface area (TPSA) is 21.3 Å². The van der Waals surface area contributed by atoms with Gasteiger partial charge in [0.1, 0.15) is 5.75 Å². The zero-order valence-corrected chi connectivity index (χ0v) is 10.4. The highest BCUT2D eigenvalue weighted by Gasteiger charge is 2.28. The molecule has 0 radical (unpaired) electrons. The van der Waals surface area contributed by atoms with Gasteiger partial charge in [-0.1, -0.05) is 6.07 Å². The number of nitrogens with one attached hydrogen (secondary N) is 1. The van der Waals surface area contributed by atoms with Gasteiger partial charge in [0.15, 0.2) is 0 Å². The summed E-state index contributed by atoms with van der Waals surface area (Å²) in [5, 5.41) is 3.56. The number of benzene rings is 1. The molecule has 1 aromatic carbocycles. The first kappa shape index (κ1) is 11.3. The van der Waals surface area contributed by atoms with E-state index in [1.54, 1.807) is 0 Å². The second-order valence-electron chi connectivity index (χ2n) is 4.70. The van der Waals surface area contributed by atoms with Crippen LogP contribution >= 0.6 is 0 Å². The second kappa shape index (κ2) is 4.77. The van der Waals surface area contributed by atoms with Crippen LogP contribution in [0, 0.1) is 12.8 Å². The van der Waals surface area contributed by atoms with Crippen molar-refractivity contribution < 1.29 is 4.74 Å². The zero-order valence-electron chi connectivity index (χ0n) is 10.4. The fourth-order valence-electron chi connectivity index (χ4n) is 1.98. The summed E-state index contributed by atoms with van der Waals surface area (Å²) in [5.41, 5.74) is 2.37. The van der Waals surface area contributed by atoms with Crippen molar-refractivity contribution in [2.75, 3.05) is 11.9 Å². The SMILES string of the molecule is CCOc1cc(C)ccc1NC(C)C1CC1. The summed E-state index contributed by atoms with van der Waals surface area (Å²) in [5.74, 6) is 1.84. The normalized spacial score (nSPS) is 16.9. The highest BCUT2D eigenvalue weighted by molar-refractivity contribution is 5.58. The van der Waals surface area contributed by atoms with Crippen molar-refractivity contribution in [3.05, 3.63) is 23.8 Å². The van der Waals surface area contributed by atoms with Gasteiger partial charge in [0.25, 0.3) is 0 Å². The van der Waals surface area contributed by atoms with E-state index in [1.165, 1.54) is 18.4 Å². The van der Waals surface area contributed by atoms with Crippen LogP contribution in [0.15, 0.2) is 18.2 Å². The van der Waals surface area contributed by atoms with E-state index >= 15 is 0 Å². The molecule has 1 unspecified atom stereocenters. The van der Waals surface area contributed by atoms with Crippen molar-refractivity contribution in [1.82, 2.24) is 0 Å². The molecule has 1 atom stereocenters. The molecular weight excluding hydrogens is 198 g/mol. The quantitative estimate of drug-likeness (QED) is 0.817. The van der Waals surface area contributed by atoms with Gasteiger partial charge in [-0.15, -0.1) is 0 Å². The lowest BCUT2D eigenvalue weighted by Crippen LogP contribution is -2.17. The summed E-state index contributed by atoms with van der Waals surface area (Å²) in [6.07, 6.45) is 2.73. The standard InChI is InChI=1S/C14H21NO/c1-4-16-14-9-10(2)5-8-13(14)15-11(3)12-6-7-12/h5,8-9,11-12,15H,4,6-7H2,1-3H3. The maximum absolute atomic E-state index is 5.66. The van der Waals surface area contributed by atoms with Crippen molar-refractivity contribution in [3.63, 3.8) is 0 Å². The maximum Gasteiger partial charge on any atom is 0.142 e. The monoisotopic (exact) mass is 219 g/mol. The molecule has 88 valence electrons. The van der Waals surface area contributed by atoms with Gasteiger partial charge in [-0.05, 0) is 57.2 Å². The average molecular weight is 219 g/mol. The fraction of sp³-hybridized carbons (Fsp3) is 0.571. The van der Waals surface area contributed by atoms with Crippen LogP contribution in [0.3, 0.4) is 0 Å². The number of rotatable bonds is 5. The van der Waals surface area contributed by atoms with Gasteiger partial charge in [0, 0.05) is 6.04 Å². The Morgan fingerprint density at radius 1 is 1.44 bits per heavy atom. The maximum atomic E-state index is 5.66. The molecule has 1 N–H and O–H groups in total. The van der Waals surface area contributed by atoms with Crippen LogP contribution in [0.5, 0.6) is 5.75 Å². The minimum Gasteiger partial charge on any atom is -0.492 e. The van der Waals surface area contributed by atoms with Crippen LogP contribution in [0.25, 0.3) is 0 Å². The highest BCUT2D eigenvalue weighted by Crippen LogP contribution is 2.35.